The maximum Gasteiger partial charge on any atom is 0.0323 e. The van der Waals surface area contributed by atoms with Gasteiger partial charge in [-0.25, -0.2) is 0 Å². The molecule has 0 aliphatic heterocycles. The summed E-state index contributed by atoms with van der Waals surface area (Å²) in [7, 11) is 4.28. The first-order valence-electron chi connectivity index (χ1n) is 7.28. The van der Waals surface area contributed by atoms with Gasteiger partial charge in [0.15, 0.2) is 0 Å². The third-order valence-electron chi connectivity index (χ3n) is 3.90. The number of likely N-dealkylation sites (N-methyl/N-ethyl adjacent to an activating group) is 1. The van der Waals surface area contributed by atoms with Crippen LogP contribution in [0, 0.1) is 5.92 Å². The molecule has 0 aliphatic carbocycles. The first kappa shape index (κ1) is 16.2. The Kier molecular flexibility index (Phi) is 6.02. The van der Waals surface area contributed by atoms with Crippen molar-refractivity contribution in [2.75, 3.05) is 20.6 Å². The van der Waals surface area contributed by atoms with Crippen LogP contribution in [0.1, 0.15) is 45.7 Å². The molecule has 1 N–H and O–H groups in total. The van der Waals surface area contributed by atoms with Gasteiger partial charge in [-0.3, -0.25) is 0 Å². The van der Waals surface area contributed by atoms with E-state index in [0.717, 1.165) is 6.54 Å². The van der Waals surface area contributed by atoms with Gasteiger partial charge in [-0.1, -0.05) is 44.2 Å². The van der Waals surface area contributed by atoms with Crippen LogP contribution in [0.25, 0.3) is 0 Å². The minimum absolute atomic E-state index is 0.171. The molecule has 1 rings (SSSR count). The van der Waals surface area contributed by atoms with Crippen LogP contribution in [0.5, 0.6) is 0 Å². The average Bonchev–Trinajstić information content (AvgIpc) is 2.35. The van der Waals surface area contributed by atoms with E-state index in [9.17, 15) is 0 Å². The van der Waals surface area contributed by atoms with E-state index in [0.29, 0.717) is 12.0 Å². The molecule has 0 heterocycles. The van der Waals surface area contributed by atoms with Crippen molar-refractivity contribution in [3.05, 3.63) is 35.9 Å². The molecule has 1 atom stereocenters. The summed E-state index contributed by atoms with van der Waals surface area (Å²) in [6, 6.07) is 11.2. The molecule has 0 spiro atoms. The molecule has 1 aromatic rings. The van der Waals surface area contributed by atoms with Gasteiger partial charge in [0, 0.05) is 18.1 Å². The Bertz CT molecular complexity index is 355. The summed E-state index contributed by atoms with van der Waals surface area (Å²) < 4.78 is 0. The second-order valence-electron chi connectivity index (χ2n) is 6.68. The Morgan fingerprint density at radius 1 is 1.11 bits per heavy atom. The van der Waals surface area contributed by atoms with Crippen LogP contribution < -0.4 is 5.32 Å². The van der Waals surface area contributed by atoms with Gasteiger partial charge in [0.05, 0.1) is 0 Å². The highest BCUT2D eigenvalue weighted by Gasteiger charge is 2.22. The average molecular weight is 262 g/mol. The summed E-state index contributed by atoms with van der Waals surface area (Å²) >= 11 is 0. The van der Waals surface area contributed by atoms with Crippen LogP contribution in [0.2, 0.25) is 0 Å². The van der Waals surface area contributed by atoms with Gasteiger partial charge in [0.1, 0.15) is 0 Å². The maximum atomic E-state index is 3.75. The van der Waals surface area contributed by atoms with Crippen molar-refractivity contribution in [1.82, 2.24) is 10.2 Å². The monoisotopic (exact) mass is 262 g/mol. The predicted octanol–water partition coefficient (Wildman–Crippen LogP) is 3.70. The molecule has 2 nitrogen and oxygen atoms in total. The van der Waals surface area contributed by atoms with Crippen molar-refractivity contribution in [3.8, 4) is 0 Å². The summed E-state index contributed by atoms with van der Waals surface area (Å²) in [5.41, 5.74) is 1.56. The van der Waals surface area contributed by atoms with Crippen molar-refractivity contribution < 1.29 is 0 Å². The summed E-state index contributed by atoms with van der Waals surface area (Å²) in [6.45, 7) is 10.1. The fraction of sp³-hybridized carbons (Fsp3) is 0.647. The zero-order valence-electron chi connectivity index (χ0n) is 13.4. The van der Waals surface area contributed by atoms with Gasteiger partial charge in [-0.2, -0.15) is 0 Å². The van der Waals surface area contributed by atoms with Crippen molar-refractivity contribution in [3.63, 3.8) is 0 Å². The molecule has 0 fully saturated rings. The smallest absolute Gasteiger partial charge is 0.0323 e. The number of rotatable bonds is 7. The lowest BCUT2D eigenvalue weighted by molar-refractivity contribution is 0.181. The molecule has 19 heavy (non-hydrogen) atoms. The normalized spacial score (nSPS) is 14.1. The fourth-order valence-electron chi connectivity index (χ4n) is 2.03. The Morgan fingerprint density at radius 2 is 1.68 bits per heavy atom. The first-order valence-corrected chi connectivity index (χ1v) is 7.28. The summed E-state index contributed by atoms with van der Waals surface area (Å²) in [4.78, 5) is 2.28. The first-order chi connectivity index (χ1) is 8.83. The molecular weight excluding hydrogens is 232 g/mol. The van der Waals surface area contributed by atoms with Gasteiger partial charge in [-0.05, 0) is 45.8 Å². The quantitative estimate of drug-likeness (QED) is 0.806. The summed E-state index contributed by atoms with van der Waals surface area (Å²) in [6.07, 6.45) is 1.17. The molecule has 1 unspecified atom stereocenters. The molecular formula is C17H30N2. The van der Waals surface area contributed by atoms with Gasteiger partial charge >= 0.3 is 0 Å². The number of hydrogen-bond acceptors (Lipinski definition) is 2. The third kappa shape index (κ3) is 5.33. The van der Waals surface area contributed by atoms with Gasteiger partial charge in [0.25, 0.3) is 0 Å². The number of benzene rings is 1. The van der Waals surface area contributed by atoms with Crippen LogP contribution in [0.3, 0.4) is 0 Å². The van der Waals surface area contributed by atoms with Gasteiger partial charge in [0.2, 0.25) is 0 Å². The van der Waals surface area contributed by atoms with Crippen LogP contribution in [-0.2, 0) is 0 Å². The summed E-state index contributed by atoms with van der Waals surface area (Å²) in [5, 5.41) is 3.75. The fourth-order valence-corrected chi connectivity index (χ4v) is 2.03. The van der Waals surface area contributed by atoms with E-state index in [4.69, 9.17) is 0 Å². The molecule has 0 aliphatic rings. The zero-order chi connectivity index (χ0) is 14.5. The number of hydrogen-bond donors (Lipinski definition) is 1. The van der Waals surface area contributed by atoms with E-state index in [2.05, 4.69) is 82.3 Å². The molecule has 0 bridgehead atoms. The van der Waals surface area contributed by atoms with Gasteiger partial charge < -0.3 is 10.2 Å². The van der Waals surface area contributed by atoms with Crippen molar-refractivity contribution in [2.45, 2.75) is 45.7 Å². The molecule has 1 aromatic carbocycles. The van der Waals surface area contributed by atoms with Crippen LogP contribution in [-0.4, -0.2) is 31.1 Å². The Balaban J connectivity index is 2.71. The predicted molar refractivity (Wildman–Crippen MR) is 84.4 cm³/mol. The largest absolute Gasteiger partial charge is 0.308 e. The van der Waals surface area contributed by atoms with E-state index in [1.54, 1.807) is 0 Å². The van der Waals surface area contributed by atoms with E-state index in [1.165, 1.54) is 12.0 Å². The highest BCUT2D eigenvalue weighted by molar-refractivity contribution is 5.19. The van der Waals surface area contributed by atoms with E-state index < -0.39 is 0 Å². The number of nitrogens with zero attached hydrogens (tertiary/aromatic N) is 1. The molecule has 108 valence electrons. The van der Waals surface area contributed by atoms with Crippen molar-refractivity contribution in [2.24, 2.45) is 5.92 Å². The lowest BCUT2D eigenvalue weighted by Crippen LogP contribution is -2.47. The lowest BCUT2D eigenvalue weighted by Gasteiger charge is -2.35. The highest BCUT2D eigenvalue weighted by atomic mass is 15.2. The third-order valence-corrected chi connectivity index (χ3v) is 3.90. The van der Waals surface area contributed by atoms with E-state index >= 15 is 0 Å². The molecule has 0 aromatic heterocycles. The van der Waals surface area contributed by atoms with Crippen LogP contribution >= 0.6 is 0 Å². The van der Waals surface area contributed by atoms with Crippen LogP contribution in [0.4, 0.5) is 0 Å². The maximum absolute atomic E-state index is 3.75. The Labute approximate surface area is 119 Å². The Hall–Kier alpha value is -0.860. The zero-order valence-corrected chi connectivity index (χ0v) is 13.4. The number of nitrogens with one attached hydrogen (secondary N) is 1. The molecule has 2 heteroatoms. The minimum Gasteiger partial charge on any atom is -0.308 e. The van der Waals surface area contributed by atoms with E-state index in [1.807, 2.05) is 0 Å². The highest BCUT2D eigenvalue weighted by Crippen LogP contribution is 2.22. The van der Waals surface area contributed by atoms with Crippen molar-refractivity contribution in [1.29, 1.82) is 0 Å². The molecule has 0 amide bonds. The second kappa shape index (κ2) is 7.06. The molecule has 0 saturated heterocycles. The minimum atomic E-state index is 0.171. The molecule has 0 radical (unpaired) electrons. The lowest BCUT2D eigenvalue weighted by atomic mass is 9.95. The summed E-state index contributed by atoms with van der Waals surface area (Å²) in [5.74, 6) is 0.695. The standard InChI is InChI=1S/C17H30N2/c1-14(2)12-16(15-10-8-7-9-11-15)18-13-17(3,4)19(5)6/h7-11,14,16,18H,12-13H2,1-6H3. The van der Waals surface area contributed by atoms with E-state index in [-0.39, 0.29) is 5.54 Å². The topological polar surface area (TPSA) is 15.3 Å². The molecule has 0 saturated carbocycles. The Morgan fingerprint density at radius 3 is 2.16 bits per heavy atom. The van der Waals surface area contributed by atoms with Gasteiger partial charge in [-0.15, -0.1) is 0 Å². The SMILES string of the molecule is CC(C)CC(NCC(C)(C)N(C)C)c1ccccc1. The van der Waals surface area contributed by atoms with Crippen molar-refractivity contribution >= 4 is 0 Å². The second-order valence-corrected chi connectivity index (χ2v) is 6.68. The van der Waals surface area contributed by atoms with Crippen LogP contribution in [0.15, 0.2) is 30.3 Å².